The highest BCUT2D eigenvalue weighted by atomic mass is 16.5. The van der Waals surface area contributed by atoms with Crippen molar-refractivity contribution in [1.82, 2.24) is 15.1 Å². The zero-order chi connectivity index (χ0) is 20.4. The number of carbonyl (C=O) groups excluding carboxylic acids is 1. The van der Waals surface area contributed by atoms with E-state index in [4.69, 9.17) is 14.2 Å². The van der Waals surface area contributed by atoms with E-state index in [1.54, 1.807) is 21.3 Å². The highest BCUT2D eigenvalue weighted by Crippen LogP contribution is 2.43. The van der Waals surface area contributed by atoms with Gasteiger partial charge in [0.05, 0.1) is 32.6 Å². The first-order chi connectivity index (χ1) is 14.2. The molecule has 2 heterocycles. The number of methoxy groups -OCH3 is 3. The maximum absolute atomic E-state index is 13.1. The topological polar surface area (TPSA) is 76.7 Å². The van der Waals surface area contributed by atoms with E-state index < -0.39 is 0 Å². The van der Waals surface area contributed by atoms with Crippen LogP contribution in [0.3, 0.4) is 0 Å². The average Bonchev–Trinajstić information content (AvgIpc) is 3.31. The van der Waals surface area contributed by atoms with Gasteiger partial charge in [0.25, 0.3) is 5.91 Å². The van der Waals surface area contributed by atoms with Gasteiger partial charge in [-0.1, -0.05) is 12.1 Å². The van der Waals surface area contributed by atoms with E-state index in [1.165, 1.54) is 0 Å². The highest BCUT2D eigenvalue weighted by molar-refractivity contribution is 6.00. The van der Waals surface area contributed by atoms with Gasteiger partial charge in [-0.25, -0.2) is 0 Å². The molecule has 7 nitrogen and oxygen atoms in total. The molecular weight excluding hydrogens is 370 g/mol. The second-order valence-corrected chi connectivity index (χ2v) is 6.76. The molecule has 3 aromatic rings. The second kappa shape index (κ2) is 7.97. The van der Waals surface area contributed by atoms with Crippen molar-refractivity contribution in [2.45, 2.75) is 6.04 Å². The summed E-state index contributed by atoms with van der Waals surface area (Å²) in [5.74, 6) is 1.46. The van der Waals surface area contributed by atoms with Crippen LogP contribution in [0.2, 0.25) is 0 Å². The van der Waals surface area contributed by atoms with Crippen LogP contribution in [0, 0.1) is 0 Å². The smallest absolute Gasteiger partial charge is 0.273 e. The number of nitrogens with one attached hydrogen (secondary N) is 1. The normalized spacial score (nSPS) is 15.5. The Balaban J connectivity index is 1.81. The van der Waals surface area contributed by atoms with Gasteiger partial charge < -0.3 is 19.1 Å². The van der Waals surface area contributed by atoms with Crippen molar-refractivity contribution in [3.05, 3.63) is 65.4 Å². The van der Waals surface area contributed by atoms with E-state index in [-0.39, 0.29) is 11.9 Å². The van der Waals surface area contributed by atoms with E-state index >= 15 is 0 Å². The van der Waals surface area contributed by atoms with E-state index in [0.29, 0.717) is 18.8 Å². The first-order valence-electron chi connectivity index (χ1n) is 9.34. The predicted octanol–water partition coefficient (Wildman–Crippen LogP) is 3.29. The summed E-state index contributed by atoms with van der Waals surface area (Å²) < 4.78 is 15.8. The third-order valence-corrected chi connectivity index (χ3v) is 5.20. The van der Waals surface area contributed by atoms with E-state index in [9.17, 15) is 4.79 Å². The molecule has 0 saturated heterocycles. The van der Waals surface area contributed by atoms with Crippen molar-refractivity contribution < 1.29 is 19.0 Å². The molecule has 0 radical (unpaired) electrons. The third-order valence-electron chi connectivity index (χ3n) is 5.20. The minimum atomic E-state index is -0.255. The summed E-state index contributed by atoms with van der Waals surface area (Å²) in [5.41, 5.74) is 4.07. The molecule has 1 aliphatic heterocycles. The second-order valence-electron chi connectivity index (χ2n) is 6.76. The lowest BCUT2D eigenvalue weighted by molar-refractivity contribution is 0.0677. The molecule has 1 atom stereocenters. The number of hydrogen-bond acceptors (Lipinski definition) is 5. The summed E-state index contributed by atoms with van der Waals surface area (Å²) in [6.07, 6.45) is 0. The number of fused-ring (bicyclic) bond motifs is 1. The van der Waals surface area contributed by atoms with Gasteiger partial charge in [-0.05, 0) is 42.0 Å². The Morgan fingerprint density at radius 2 is 1.59 bits per heavy atom. The SMILES string of the molecule is COCCN1C(=O)c2[nH]nc(-c3ccc(OC)cc3)c2C1c1ccc(OC)cc1. The van der Waals surface area contributed by atoms with Crippen molar-refractivity contribution in [1.29, 1.82) is 0 Å². The Kier molecular flexibility index (Phi) is 5.22. The fourth-order valence-corrected chi connectivity index (χ4v) is 3.72. The number of aromatic nitrogens is 2. The third kappa shape index (κ3) is 3.34. The lowest BCUT2D eigenvalue weighted by atomic mass is 9.96. The average molecular weight is 393 g/mol. The lowest BCUT2D eigenvalue weighted by Crippen LogP contribution is -2.32. The van der Waals surface area contributed by atoms with Crippen LogP contribution in [-0.4, -0.2) is 55.5 Å². The van der Waals surface area contributed by atoms with Gasteiger partial charge in [0.15, 0.2) is 0 Å². The first-order valence-corrected chi connectivity index (χ1v) is 9.34. The van der Waals surface area contributed by atoms with E-state index in [0.717, 1.165) is 33.9 Å². The minimum Gasteiger partial charge on any atom is -0.497 e. The Morgan fingerprint density at radius 3 is 2.17 bits per heavy atom. The van der Waals surface area contributed by atoms with Gasteiger partial charge in [0.1, 0.15) is 17.2 Å². The van der Waals surface area contributed by atoms with Crippen LogP contribution in [0.4, 0.5) is 0 Å². The van der Waals surface area contributed by atoms with Crippen LogP contribution >= 0.6 is 0 Å². The van der Waals surface area contributed by atoms with Crippen molar-refractivity contribution in [2.75, 3.05) is 34.5 Å². The Hall–Kier alpha value is -3.32. The summed E-state index contributed by atoms with van der Waals surface area (Å²) in [7, 11) is 4.90. The Bertz CT molecular complexity index is 996. The van der Waals surface area contributed by atoms with Crippen molar-refractivity contribution in [3.8, 4) is 22.8 Å². The van der Waals surface area contributed by atoms with E-state index in [1.807, 2.05) is 53.4 Å². The maximum Gasteiger partial charge on any atom is 0.273 e. The quantitative estimate of drug-likeness (QED) is 0.667. The summed E-state index contributed by atoms with van der Waals surface area (Å²) >= 11 is 0. The first kappa shape index (κ1) is 19.0. The van der Waals surface area contributed by atoms with Crippen molar-refractivity contribution >= 4 is 5.91 Å². The van der Waals surface area contributed by atoms with Gasteiger partial charge in [-0.15, -0.1) is 0 Å². The largest absolute Gasteiger partial charge is 0.497 e. The molecule has 150 valence electrons. The molecule has 1 amide bonds. The molecule has 0 fully saturated rings. The summed E-state index contributed by atoms with van der Waals surface area (Å²) in [5, 5.41) is 7.42. The number of carbonyl (C=O) groups is 1. The van der Waals surface area contributed by atoms with Gasteiger partial charge in [-0.2, -0.15) is 5.10 Å². The number of nitrogens with zero attached hydrogens (tertiary/aromatic N) is 2. The van der Waals surface area contributed by atoms with E-state index in [2.05, 4.69) is 10.2 Å². The van der Waals surface area contributed by atoms with Gasteiger partial charge in [-0.3, -0.25) is 9.89 Å². The number of rotatable bonds is 7. The fourth-order valence-electron chi connectivity index (χ4n) is 3.72. The monoisotopic (exact) mass is 393 g/mol. The zero-order valence-corrected chi connectivity index (χ0v) is 16.6. The molecule has 0 saturated carbocycles. The summed E-state index contributed by atoms with van der Waals surface area (Å²) in [6.45, 7) is 0.935. The zero-order valence-electron chi connectivity index (χ0n) is 16.6. The molecular formula is C22H23N3O4. The van der Waals surface area contributed by atoms with Crippen molar-refractivity contribution in [3.63, 3.8) is 0 Å². The molecule has 29 heavy (non-hydrogen) atoms. The summed E-state index contributed by atoms with van der Waals surface area (Å²) in [4.78, 5) is 14.9. The minimum absolute atomic E-state index is 0.0786. The maximum atomic E-state index is 13.1. The number of benzene rings is 2. The fraction of sp³-hybridized carbons (Fsp3) is 0.273. The molecule has 7 heteroatoms. The molecule has 1 N–H and O–H groups in total. The Morgan fingerprint density at radius 1 is 0.966 bits per heavy atom. The lowest BCUT2D eigenvalue weighted by Gasteiger charge is -2.26. The highest BCUT2D eigenvalue weighted by Gasteiger charge is 2.41. The molecule has 0 spiro atoms. The van der Waals surface area contributed by atoms with Crippen LogP contribution in [0.25, 0.3) is 11.3 Å². The van der Waals surface area contributed by atoms with Crippen LogP contribution in [0.1, 0.15) is 27.7 Å². The number of aromatic amines is 1. The van der Waals surface area contributed by atoms with Crippen LogP contribution in [0.5, 0.6) is 11.5 Å². The molecule has 4 rings (SSSR count). The number of H-pyrrole nitrogens is 1. The number of hydrogen-bond donors (Lipinski definition) is 1. The standard InChI is InChI=1S/C22H23N3O4/c1-27-13-12-25-21(15-6-10-17(29-3)11-7-15)18-19(23-24-20(18)22(25)26)14-4-8-16(28-2)9-5-14/h4-11,21H,12-13H2,1-3H3,(H,23,24). The van der Waals surface area contributed by atoms with Gasteiger partial charge >= 0.3 is 0 Å². The Labute approximate surface area is 169 Å². The van der Waals surface area contributed by atoms with Crippen LogP contribution < -0.4 is 9.47 Å². The summed E-state index contributed by atoms with van der Waals surface area (Å²) in [6, 6.07) is 15.2. The molecule has 2 aromatic carbocycles. The van der Waals surface area contributed by atoms with Crippen LogP contribution in [-0.2, 0) is 4.74 Å². The predicted molar refractivity (Wildman–Crippen MR) is 108 cm³/mol. The van der Waals surface area contributed by atoms with Crippen LogP contribution in [0.15, 0.2) is 48.5 Å². The van der Waals surface area contributed by atoms with Gasteiger partial charge in [0.2, 0.25) is 0 Å². The van der Waals surface area contributed by atoms with Crippen molar-refractivity contribution in [2.24, 2.45) is 0 Å². The molecule has 1 unspecified atom stereocenters. The molecule has 1 aliphatic rings. The molecule has 0 aliphatic carbocycles. The number of ether oxygens (including phenoxy) is 3. The molecule has 0 bridgehead atoms. The number of amides is 1. The molecule has 1 aromatic heterocycles. The van der Waals surface area contributed by atoms with Gasteiger partial charge in [0, 0.05) is 24.8 Å².